The smallest absolute Gasteiger partial charge is 0.254 e. The van der Waals surface area contributed by atoms with Gasteiger partial charge in [-0.25, -0.2) is 4.98 Å². The third-order valence-corrected chi connectivity index (χ3v) is 5.40. The highest BCUT2D eigenvalue weighted by Gasteiger charge is 2.31. The van der Waals surface area contributed by atoms with Crippen LogP contribution < -0.4 is 4.90 Å². The summed E-state index contributed by atoms with van der Waals surface area (Å²) in [4.78, 5) is 22.0. The van der Waals surface area contributed by atoms with Gasteiger partial charge in [-0.05, 0) is 61.9 Å². The minimum atomic E-state index is 0.129. The van der Waals surface area contributed by atoms with Gasteiger partial charge in [-0.15, -0.1) is 0 Å². The summed E-state index contributed by atoms with van der Waals surface area (Å²) < 4.78 is 0. The quantitative estimate of drug-likeness (QED) is 0.851. The largest absolute Gasteiger partial charge is 0.356 e. The van der Waals surface area contributed by atoms with Crippen molar-refractivity contribution in [3.63, 3.8) is 0 Å². The number of pyridine rings is 1. The summed E-state index contributed by atoms with van der Waals surface area (Å²) >= 11 is 0. The Kier molecular flexibility index (Phi) is 4.43. The fraction of sp³-hybridized carbons (Fsp3) is 0.429. The van der Waals surface area contributed by atoms with Crippen LogP contribution in [-0.2, 0) is 0 Å². The number of benzene rings is 1. The number of amides is 1. The van der Waals surface area contributed by atoms with Crippen LogP contribution in [0.1, 0.15) is 53.2 Å². The second-order valence-electron chi connectivity index (χ2n) is 7.13. The average molecular weight is 335 g/mol. The Morgan fingerprint density at radius 2 is 1.84 bits per heavy atom. The fourth-order valence-corrected chi connectivity index (χ4v) is 4.13. The van der Waals surface area contributed by atoms with Gasteiger partial charge in [0.25, 0.3) is 5.91 Å². The normalized spacial score (nSPS) is 20.3. The molecule has 2 aromatic rings. The maximum atomic E-state index is 12.9. The lowest BCUT2D eigenvalue weighted by molar-refractivity contribution is 0.0735. The molecule has 25 heavy (non-hydrogen) atoms. The van der Waals surface area contributed by atoms with Crippen LogP contribution in [0.25, 0.3) is 0 Å². The first kappa shape index (κ1) is 16.1. The Morgan fingerprint density at radius 3 is 2.56 bits per heavy atom. The number of hydrogen-bond donors (Lipinski definition) is 0. The second-order valence-corrected chi connectivity index (χ2v) is 7.13. The van der Waals surface area contributed by atoms with Crippen LogP contribution in [0, 0.1) is 6.92 Å². The number of aromatic nitrogens is 1. The second kappa shape index (κ2) is 6.87. The minimum absolute atomic E-state index is 0.129. The molecule has 2 aliphatic rings. The first-order valence-corrected chi connectivity index (χ1v) is 9.31. The molecular weight excluding hydrogens is 310 g/mol. The van der Waals surface area contributed by atoms with Crippen molar-refractivity contribution in [2.75, 3.05) is 24.5 Å². The predicted molar refractivity (Wildman–Crippen MR) is 99.9 cm³/mol. The fourth-order valence-electron chi connectivity index (χ4n) is 4.13. The summed E-state index contributed by atoms with van der Waals surface area (Å²) in [5.74, 6) is 1.24. The third-order valence-electron chi connectivity index (χ3n) is 5.40. The molecule has 2 aliphatic heterocycles. The monoisotopic (exact) mass is 335 g/mol. The van der Waals surface area contributed by atoms with Gasteiger partial charge < -0.3 is 9.80 Å². The lowest BCUT2D eigenvalue weighted by atomic mass is 10.0. The SMILES string of the molecule is Cc1cc([C@@H]2CCCN2C(=O)c2ccccc2)cnc1N1CCCC1. The Hall–Kier alpha value is -2.36. The maximum absolute atomic E-state index is 12.9. The molecule has 4 rings (SSSR count). The molecule has 130 valence electrons. The molecular formula is C21H25N3O. The molecule has 3 heterocycles. The van der Waals surface area contributed by atoms with Crippen LogP contribution >= 0.6 is 0 Å². The molecule has 0 bridgehead atoms. The van der Waals surface area contributed by atoms with E-state index < -0.39 is 0 Å². The van der Waals surface area contributed by atoms with Crippen molar-refractivity contribution in [1.29, 1.82) is 0 Å². The van der Waals surface area contributed by atoms with Crippen molar-refractivity contribution < 1.29 is 4.79 Å². The molecule has 0 aliphatic carbocycles. The standard InChI is InChI=1S/C21H25N3O/c1-16-14-18(15-22-20(16)23-11-5-6-12-23)19-10-7-13-24(19)21(25)17-8-3-2-4-9-17/h2-4,8-9,14-15,19H,5-7,10-13H2,1H3/t19-/m0/s1. The van der Waals surface area contributed by atoms with Gasteiger partial charge in [0.1, 0.15) is 5.82 Å². The zero-order valence-electron chi connectivity index (χ0n) is 14.8. The average Bonchev–Trinajstić information content (AvgIpc) is 3.33. The van der Waals surface area contributed by atoms with Gasteiger partial charge in [0.05, 0.1) is 6.04 Å². The van der Waals surface area contributed by atoms with Gasteiger partial charge in [-0.1, -0.05) is 18.2 Å². The molecule has 0 spiro atoms. The Morgan fingerprint density at radius 1 is 1.08 bits per heavy atom. The first-order chi connectivity index (χ1) is 12.2. The first-order valence-electron chi connectivity index (χ1n) is 9.31. The molecule has 0 unspecified atom stereocenters. The number of likely N-dealkylation sites (tertiary alicyclic amines) is 1. The van der Waals surface area contributed by atoms with Gasteiger partial charge in [0, 0.05) is 31.4 Å². The molecule has 0 N–H and O–H groups in total. The van der Waals surface area contributed by atoms with E-state index in [-0.39, 0.29) is 11.9 Å². The molecule has 4 heteroatoms. The van der Waals surface area contributed by atoms with Gasteiger partial charge >= 0.3 is 0 Å². The predicted octanol–water partition coefficient (Wildman–Crippen LogP) is 3.97. The van der Waals surface area contributed by atoms with Crippen LogP contribution in [-0.4, -0.2) is 35.4 Å². The molecule has 2 fully saturated rings. The third kappa shape index (κ3) is 3.13. The van der Waals surface area contributed by atoms with Crippen molar-refractivity contribution in [3.05, 3.63) is 59.3 Å². The van der Waals surface area contributed by atoms with E-state index in [1.807, 2.05) is 41.4 Å². The molecule has 1 aromatic heterocycles. The van der Waals surface area contributed by atoms with Crippen molar-refractivity contribution in [1.82, 2.24) is 9.88 Å². The van der Waals surface area contributed by atoms with E-state index in [9.17, 15) is 4.79 Å². The Labute approximate surface area is 149 Å². The zero-order chi connectivity index (χ0) is 17.2. The van der Waals surface area contributed by atoms with Crippen molar-refractivity contribution in [2.24, 2.45) is 0 Å². The van der Waals surface area contributed by atoms with Crippen LogP contribution in [0.3, 0.4) is 0 Å². The molecule has 2 saturated heterocycles. The van der Waals surface area contributed by atoms with E-state index in [0.29, 0.717) is 0 Å². The maximum Gasteiger partial charge on any atom is 0.254 e. The number of hydrogen-bond acceptors (Lipinski definition) is 3. The summed E-state index contributed by atoms with van der Waals surface area (Å²) in [6.07, 6.45) is 6.57. The molecule has 4 nitrogen and oxygen atoms in total. The highest BCUT2D eigenvalue weighted by Crippen LogP contribution is 2.34. The molecule has 1 atom stereocenters. The van der Waals surface area contributed by atoms with Gasteiger partial charge in [-0.3, -0.25) is 4.79 Å². The number of aryl methyl sites for hydroxylation is 1. The van der Waals surface area contributed by atoms with Crippen LogP contribution in [0.2, 0.25) is 0 Å². The number of carbonyl (C=O) groups excluding carboxylic acids is 1. The van der Waals surface area contributed by atoms with Crippen molar-refractivity contribution in [3.8, 4) is 0 Å². The van der Waals surface area contributed by atoms with E-state index in [4.69, 9.17) is 4.98 Å². The number of rotatable bonds is 3. The highest BCUT2D eigenvalue weighted by atomic mass is 16.2. The summed E-state index contributed by atoms with van der Waals surface area (Å²) in [7, 11) is 0. The lowest BCUT2D eigenvalue weighted by Gasteiger charge is -2.26. The van der Waals surface area contributed by atoms with Crippen LogP contribution in [0.15, 0.2) is 42.6 Å². The summed E-state index contributed by atoms with van der Waals surface area (Å²) in [5, 5.41) is 0. The topological polar surface area (TPSA) is 36.4 Å². The van der Waals surface area contributed by atoms with Crippen LogP contribution in [0.5, 0.6) is 0 Å². The summed E-state index contributed by atoms with van der Waals surface area (Å²) in [6.45, 7) is 5.18. The molecule has 1 aromatic carbocycles. The molecule has 1 amide bonds. The van der Waals surface area contributed by atoms with E-state index in [1.165, 1.54) is 24.0 Å². The van der Waals surface area contributed by atoms with E-state index in [2.05, 4.69) is 17.9 Å². The summed E-state index contributed by atoms with van der Waals surface area (Å²) in [5.41, 5.74) is 3.16. The van der Waals surface area contributed by atoms with E-state index in [0.717, 1.165) is 43.9 Å². The Balaban J connectivity index is 1.58. The van der Waals surface area contributed by atoms with Gasteiger partial charge in [0.2, 0.25) is 0 Å². The van der Waals surface area contributed by atoms with Gasteiger partial charge in [0.15, 0.2) is 0 Å². The minimum Gasteiger partial charge on any atom is -0.356 e. The van der Waals surface area contributed by atoms with Gasteiger partial charge in [-0.2, -0.15) is 0 Å². The molecule has 0 radical (unpaired) electrons. The zero-order valence-corrected chi connectivity index (χ0v) is 14.8. The van der Waals surface area contributed by atoms with E-state index in [1.54, 1.807) is 0 Å². The molecule has 0 saturated carbocycles. The van der Waals surface area contributed by atoms with Crippen molar-refractivity contribution in [2.45, 2.75) is 38.6 Å². The Bertz CT molecular complexity index is 753. The number of carbonyl (C=O) groups is 1. The highest BCUT2D eigenvalue weighted by molar-refractivity contribution is 5.94. The number of nitrogens with zero attached hydrogens (tertiary/aromatic N) is 3. The van der Waals surface area contributed by atoms with Crippen LogP contribution in [0.4, 0.5) is 5.82 Å². The number of anilines is 1. The summed E-state index contributed by atoms with van der Waals surface area (Å²) in [6, 6.07) is 12.0. The lowest BCUT2D eigenvalue weighted by Crippen LogP contribution is -2.30. The van der Waals surface area contributed by atoms with Crippen molar-refractivity contribution >= 4 is 11.7 Å². The van der Waals surface area contributed by atoms with E-state index >= 15 is 0 Å².